The molecule has 9 nitrogen and oxygen atoms in total. The van der Waals surface area contributed by atoms with Gasteiger partial charge in [0.25, 0.3) is 0 Å². The second-order valence-electron chi connectivity index (χ2n) is 6.36. The standard InChI is InChI=1S/C18H23N3O6/c1-4-11(5-2)9-27-17(23)15-10(3)19-18(24)20-16(15)12-6-7-14(22)13(8-12)21(25)26/h6-8,11,16,22H,4-5,9H2,1-3H3,(H2,19,20,24). The molecule has 27 heavy (non-hydrogen) atoms. The molecule has 0 aliphatic carbocycles. The van der Waals surface area contributed by atoms with Crippen molar-refractivity contribution in [2.24, 2.45) is 5.92 Å². The second-order valence-corrected chi connectivity index (χ2v) is 6.36. The van der Waals surface area contributed by atoms with E-state index in [2.05, 4.69) is 10.6 Å². The quantitative estimate of drug-likeness (QED) is 0.380. The lowest BCUT2D eigenvalue weighted by atomic mass is 9.95. The van der Waals surface area contributed by atoms with Gasteiger partial charge in [-0.25, -0.2) is 9.59 Å². The normalized spacial score (nSPS) is 16.7. The molecule has 2 rings (SSSR count). The Balaban J connectivity index is 2.37. The van der Waals surface area contributed by atoms with Gasteiger partial charge < -0.3 is 20.5 Å². The Kier molecular flexibility index (Phi) is 6.38. The van der Waals surface area contributed by atoms with Crippen LogP contribution in [0, 0.1) is 16.0 Å². The maximum atomic E-state index is 12.7. The first-order valence-corrected chi connectivity index (χ1v) is 8.71. The van der Waals surface area contributed by atoms with Crippen molar-refractivity contribution in [2.75, 3.05) is 6.61 Å². The van der Waals surface area contributed by atoms with E-state index in [1.807, 2.05) is 13.8 Å². The number of hydrogen-bond donors (Lipinski definition) is 3. The molecule has 0 spiro atoms. The Morgan fingerprint density at radius 3 is 2.63 bits per heavy atom. The summed E-state index contributed by atoms with van der Waals surface area (Å²) in [7, 11) is 0. The zero-order valence-corrected chi connectivity index (χ0v) is 15.4. The van der Waals surface area contributed by atoms with Gasteiger partial charge in [-0.3, -0.25) is 10.1 Å². The van der Waals surface area contributed by atoms with Crippen LogP contribution in [0.1, 0.15) is 45.2 Å². The van der Waals surface area contributed by atoms with Gasteiger partial charge in [0, 0.05) is 11.8 Å². The van der Waals surface area contributed by atoms with Crippen LogP contribution in [0.3, 0.4) is 0 Å². The number of urea groups is 1. The van der Waals surface area contributed by atoms with Gasteiger partial charge in [0.15, 0.2) is 5.75 Å². The summed E-state index contributed by atoms with van der Waals surface area (Å²) in [6, 6.07) is 2.24. The van der Waals surface area contributed by atoms with Gasteiger partial charge in [-0.2, -0.15) is 0 Å². The number of rotatable bonds is 7. The average Bonchev–Trinajstić information content (AvgIpc) is 2.61. The molecule has 0 bridgehead atoms. The van der Waals surface area contributed by atoms with Crippen molar-refractivity contribution < 1.29 is 24.4 Å². The zero-order valence-electron chi connectivity index (χ0n) is 15.4. The molecule has 1 aromatic rings. The molecule has 1 atom stereocenters. The Hall–Kier alpha value is -3.10. The molecule has 0 fully saturated rings. The number of hydrogen-bond acceptors (Lipinski definition) is 6. The number of allylic oxidation sites excluding steroid dienone is 1. The smallest absolute Gasteiger partial charge is 0.338 e. The number of nitro groups is 1. The summed E-state index contributed by atoms with van der Waals surface area (Å²) in [4.78, 5) is 34.9. The van der Waals surface area contributed by atoms with Gasteiger partial charge in [0.2, 0.25) is 0 Å². The van der Waals surface area contributed by atoms with E-state index in [1.165, 1.54) is 6.07 Å². The van der Waals surface area contributed by atoms with Crippen LogP contribution in [0.4, 0.5) is 10.5 Å². The molecule has 0 saturated carbocycles. The third kappa shape index (κ3) is 4.55. The molecule has 2 amide bonds. The lowest BCUT2D eigenvalue weighted by Crippen LogP contribution is -2.45. The highest BCUT2D eigenvalue weighted by molar-refractivity contribution is 5.95. The van der Waals surface area contributed by atoms with Gasteiger partial charge in [0.05, 0.1) is 23.1 Å². The molecule has 1 aliphatic heterocycles. The van der Waals surface area contributed by atoms with Crippen LogP contribution in [0.5, 0.6) is 5.75 Å². The van der Waals surface area contributed by atoms with Crippen LogP contribution in [0.2, 0.25) is 0 Å². The summed E-state index contributed by atoms with van der Waals surface area (Å²) in [5.74, 6) is -0.871. The fraction of sp³-hybridized carbons (Fsp3) is 0.444. The van der Waals surface area contributed by atoms with Crippen LogP contribution in [-0.4, -0.2) is 28.6 Å². The van der Waals surface area contributed by atoms with Crippen LogP contribution in [0.25, 0.3) is 0 Å². The van der Waals surface area contributed by atoms with Crippen molar-refractivity contribution in [3.05, 3.63) is 45.1 Å². The molecule has 0 saturated heterocycles. The van der Waals surface area contributed by atoms with Crippen molar-refractivity contribution in [3.8, 4) is 5.75 Å². The van der Waals surface area contributed by atoms with E-state index in [0.717, 1.165) is 25.0 Å². The third-order valence-electron chi connectivity index (χ3n) is 4.62. The highest BCUT2D eigenvalue weighted by atomic mass is 16.6. The van der Waals surface area contributed by atoms with Gasteiger partial charge >= 0.3 is 17.7 Å². The fourth-order valence-corrected chi connectivity index (χ4v) is 2.88. The van der Waals surface area contributed by atoms with E-state index >= 15 is 0 Å². The summed E-state index contributed by atoms with van der Waals surface area (Å²) in [5.41, 5.74) is 0.264. The van der Waals surface area contributed by atoms with Crippen molar-refractivity contribution in [1.82, 2.24) is 10.6 Å². The van der Waals surface area contributed by atoms with Crippen LogP contribution >= 0.6 is 0 Å². The molecule has 0 radical (unpaired) electrons. The summed E-state index contributed by atoms with van der Waals surface area (Å²) in [5, 5.41) is 25.8. The van der Waals surface area contributed by atoms with E-state index in [9.17, 15) is 24.8 Å². The number of ether oxygens (including phenoxy) is 1. The molecule has 1 unspecified atom stereocenters. The number of nitrogens with one attached hydrogen (secondary N) is 2. The maximum absolute atomic E-state index is 12.7. The Labute approximate surface area is 156 Å². The first-order chi connectivity index (χ1) is 12.8. The fourth-order valence-electron chi connectivity index (χ4n) is 2.88. The number of benzene rings is 1. The van der Waals surface area contributed by atoms with Gasteiger partial charge in [-0.15, -0.1) is 0 Å². The van der Waals surface area contributed by atoms with Crippen molar-refractivity contribution >= 4 is 17.7 Å². The Bertz CT molecular complexity index is 785. The Morgan fingerprint density at radius 1 is 1.37 bits per heavy atom. The minimum atomic E-state index is -0.924. The number of phenols is 1. The lowest BCUT2D eigenvalue weighted by molar-refractivity contribution is -0.385. The first-order valence-electron chi connectivity index (χ1n) is 8.71. The van der Waals surface area contributed by atoms with E-state index in [1.54, 1.807) is 6.92 Å². The van der Waals surface area contributed by atoms with E-state index in [0.29, 0.717) is 11.3 Å². The number of esters is 1. The number of aromatic hydroxyl groups is 1. The van der Waals surface area contributed by atoms with Gasteiger partial charge in [-0.05, 0) is 24.5 Å². The number of nitro benzene ring substituents is 1. The molecular weight excluding hydrogens is 354 g/mol. The summed E-state index contributed by atoms with van der Waals surface area (Å²) >= 11 is 0. The highest BCUT2D eigenvalue weighted by Gasteiger charge is 2.33. The third-order valence-corrected chi connectivity index (χ3v) is 4.62. The highest BCUT2D eigenvalue weighted by Crippen LogP contribution is 2.33. The molecular formula is C18H23N3O6. The lowest BCUT2D eigenvalue weighted by Gasteiger charge is -2.28. The van der Waals surface area contributed by atoms with Gasteiger partial charge in [-0.1, -0.05) is 32.8 Å². The molecule has 1 aliphatic rings. The van der Waals surface area contributed by atoms with Crippen molar-refractivity contribution in [3.63, 3.8) is 0 Å². The number of amides is 2. The molecule has 1 aromatic carbocycles. The van der Waals surface area contributed by atoms with Crippen molar-refractivity contribution in [1.29, 1.82) is 0 Å². The predicted octanol–water partition coefficient (Wildman–Crippen LogP) is 2.91. The number of nitrogens with zero attached hydrogens (tertiary/aromatic N) is 1. The average molecular weight is 377 g/mol. The largest absolute Gasteiger partial charge is 0.502 e. The molecule has 146 valence electrons. The number of carbonyl (C=O) groups is 2. The molecule has 9 heteroatoms. The first kappa shape index (κ1) is 20.2. The molecule has 0 aromatic heterocycles. The number of carbonyl (C=O) groups excluding carboxylic acids is 2. The van der Waals surface area contributed by atoms with E-state index < -0.39 is 34.4 Å². The molecule has 3 N–H and O–H groups in total. The van der Waals surface area contributed by atoms with Crippen LogP contribution < -0.4 is 10.6 Å². The van der Waals surface area contributed by atoms with Crippen LogP contribution in [0.15, 0.2) is 29.5 Å². The minimum absolute atomic E-state index is 0.167. The van der Waals surface area contributed by atoms with Crippen molar-refractivity contribution in [2.45, 2.75) is 39.7 Å². The number of phenolic OH excluding ortho intramolecular Hbond substituents is 1. The predicted molar refractivity (Wildman–Crippen MR) is 96.9 cm³/mol. The molecule has 1 heterocycles. The summed E-state index contributed by atoms with van der Waals surface area (Å²) < 4.78 is 5.41. The van der Waals surface area contributed by atoms with E-state index in [-0.39, 0.29) is 18.1 Å². The van der Waals surface area contributed by atoms with Crippen LogP contribution in [-0.2, 0) is 9.53 Å². The summed E-state index contributed by atoms with van der Waals surface area (Å²) in [6.07, 6.45) is 1.73. The summed E-state index contributed by atoms with van der Waals surface area (Å²) in [6.45, 7) is 5.83. The maximum Gasteiger partial charge on any atom is 0.338 e. The van der Waals surface area contributed by atoms with E-state index in [4.69, 9.17) is 4.74 Å². The Morgan fingerprint density at radius 2 is 2.04 bits per heavy atom. The minimum Gasteiger partial charge on any atom is -0.502 e. The SMILES string of the molecule is CCC(CC)COC(=O)C1=C(C)NC(=O)NC1c1ccc(O)c([N+](=O)[O-])c1. The van der Waals surface area contributed by atoms with Gasteiger partial charge in [0.1, 0.15) is 0 Å². The monoisotopic (exact) mass is 377 g/mol. The second kappa shape index (κ2) is 8.52. The topological polar surface area (TPSA) is 131 Å². The zero-order chi connectivity index (χ0) is 20.1.